The lowest BCUT2D eigenvalue weighted by Gasteiger charge is -2.42. The molecule has 0 bridgehead atoms. The fraction of sp³-hybridized carbons (Fsp3) is 0.364. The third-order valence-corrected chi connectivity index (χ3v) is 5.88. The molecule has 0 atom stereocenters. The minimum absolute atomic E-state index is 0.208. The monoisotopic (exact) mass is 394 g/mol. The van der Waals surface area contributed by atoms with Crippen LogP contribution in [0.2, 0.25) is 0 Å². The van der Waals surface area contributed by atoms with Crippen LogP contribution in [-0.2, 0) is 5.54 Å². The van der Waals surface area contributed by atoms with Gasteiger partial charge in [0.2, 0.25) is 0 Å². The highest BCUT2D eigenvalue weighted by molar-refractivity contribution is 5.58. The lowest BCUT2D eigenvalue weighted by Crippen LogP contribution is -2.51. The molecule has 0 unspecified atom stereocenters. The van der Waals surface area contributed by atoms with Crippen molar-refractivity contribution >= 4 is 17.2 Å². The first kappa shape index (κ1) is 19.4. The molecule has 7 heteroatoms. The van der Waals surface area contributed by atoms with E-state index < -0.39 is 0 Å². The molecular formula is C22H27FN6. The largest absolute Gasteiger partial charge is 0.370 e. The van der Waals surface area contributed by atoms with Gasteiger partial charge in [-0.1, -0.05) is 0 Å². The Bertz CT molecular complexity index is 973. The third-order valence-electron chi connectivity index (χ3n) is 5.88. The van der Waals surface area contributed by atoms with Crippen molar-refractivity contribution in [1.82, 2.24) is 14.8 Å². The van der Waals surface area contributed by atoms with E-state index in [9.17, 15) is 4.39 Å². The number of nitrogens with two attached hydrogens (primary N) is 1. The van der Waals surface area contributed by atoms with Gasteiger partial charge in [-0.15, -0.1) is 0 Å². The topological polar surface area (TPSA) is 72.0 Å². The predicted molar refractivity (Wildman–Crippen MR) is 114 cm³/mol. The number of nitrogens with one attached hydrogen (secondary N) is 1. The number of hydrogen-bond donors (Lipinski definition) is 2. The molecule has 152 valence electrons. The molecule has 3 aromatic rings. The molecule has 3 N–H and O–H groups in total. The van der Waals surface area contributed by atoms with E-state index in [0.29, 0.717) is 6.54 Å². The Kier molecular flexibility index (Phi) is 5.24. The van der Waals surface area contributed by atoms with Gasteiger partial charge in [0.15, 0.2) is 5.82 Å². The SMILES string of the molecule is Cc1cn(C2(CN)CCN(c3cccnc3C)CC2)nc1Nc1ccc(F)cc1. The summed E-state index contributed by atoms with van der Waals surface area (Å²) in [5.41, 5.74) is 10.1. The van der Waals surface area contributed by atoms with Crippen LogP contribution in [0.4, 0.5) is 21.6 Å². The molecule has 6 nitrogen and oxygen atoms in total. The van der Waals surface area contributed by atoms with E-state index in [1.165, 1.54) is 17.8 Å². The van der Waals surface area contributed by atoms with Gasteiger partial charge in [0.25, 0.3) is 0 Å². The van der Waals surface area contributed by atoms with Gasteiger partial charge in [-0.3, -0.25) is 9.67 Å². The van der Waals surface area contributed by atoms with Crippen molar-refractivity contribution in [1.29, 1.82) is 0 Å². The van der Waals surface area contributed by atoms with Gasteiger partial charge in [0.05, 0.1) is 16.9 Å². The van der Waals surface area contributed by atoms with E-state index >= 15 is 0 Å². The zero-order valence-electron chi connectivity index (χ0n) is 16.9. The van der Waals surface area contributed by atoms with Gasteiger partial charge >= 0.3 is 0 Å². The summed E-state index contributed by atoms with van der Waals surface area (Å²) in [4.78, 5) is 6.79. The highest BCUT2D eigenvalue weighted by Gasteiger charge is 2.36. The van der Waals surface area contributed by atoms with Crippen LogP contribution >= 0.6 is 0 Å². The average molecular weight is 394 g/mol. The van der Waals surface area contributed by atoms with Crippen molar-refractivity contribution in [3.8, 4) is 0 Å². The summed E-state index contributed by atoms with van der Waals surface area (Å²) in [5.74, 6) is 0.519. The van der Waals surface area contributed by atoms with E-state index in [0.717, 1.165) is 48.7 Å². The highest BCUT2D eigenvalue weighted by atomic mass is 19.1. The van der Waals surface area contributed by atoms with Crippen molar-refractivity contribution in [2.75, 3.05) is 29.9 Å². The van der Waals surface area contributed by atoms with Gasteiger partial charge in [-0.2, -0.15) is 5.10 Å². The summed E-state index contributed by atoms with van der Waals surface area (Å²) in [7, 11) is 0. The van der Waals surface area contributed by atoms with Crippen molar-refractivity contribution in [3.63, 3.8) is 0 Å². The number of aromatic nitrogens is 3. The van der Waals surface area contributed by atoms with Crippen LogP contribution in [0.15, 0.2) is 48.8 Å². The average Bonchev–Trinajstić information content (AvgIpc) is 3.11. The predicted octanol–water partition coefficient (Wildman–Crippen LogP) is 3.73. The van der Waals surface area contributed by atoms with E-state index in [4.69, 9.17) is 10.8 Å². The third kappa shape index (κ3) is 3.82. The molecule has 1 saturated heterocycles. The fourth-order valence-corrected chi connectivity index (χ4v) is 4.00. The first-order valence-corrected chi connectivity index (χ1v) is 9.97. The van der Waals surface area contributed by atoms with Crippen molar-refractivity contribution in [2.45, 2.75) is 32.2 Å². The maximum atomic E-state index is 13.2. The van der Waals surface area contributed by atoms with Crippen LogP contribution < -0.4 is 16.0 Å². The Hall–Kier alpha value is -2.93. The van der Waals surface area contributed by atoms with Crippen LogP contribution in [0.25, 0.3) is 0 Å². The van der Waals surface area contributed by atoms with E-state index in [1.807, 2.05) is 30.8 Å². The summed E-state index contributed by atoms with van der Waals surface area (Å²) in [5, 5.41) is 8.09. The summed E-state index contributed by atoms with van der Waals surface area (Å²) in [6.07, 6.45) is 5.71. The second-order valence-corrected chi connectivity index (χ2v) is 7.76. The number of pyridine rings is 1. The molecule has 4 rings (SSSR count). The van der Waals surface area contributed by atoms with Crippen molar-refractivity contribution in [2.24, 2.45) is 5.73 Å². The minimum Gasteiger partial charge on any atom is -0.370 e. The van der Waals surface area contributed by atoms with Crippen LogP contribution in [0.1, 0.15) is 24.1 Å². The second kappa shape index (κ2) is 7.83. The van der Waals surface area contributed by atoms with Gasteiger partial charge in [0, 0.05) is 43.3 Å². The van der Waals surface area contributed by atoms with Gasteiger partial charge < -0.3 is 16.0 Å². The van der Waals surface area contributed by atoms with E-state index in [2.05, 4.69) is 27.5 Å². The number of halogens is 1. The summed E-state index contributed by atoms with van der Waals surface area (Å²) in [6, 6.07) is 10.4. The Morgan fingerprint density at radius 2 is 1.86 bits per heavy atom. The number of piperidine rings is 1. The van der Waals surface area contributed by atoms with E-state index in [1.54, 1.807) is 12.1 Å². The van der Waals surface area contributed by atoms with Gasteiger partial charge in [-0.05, 0) is 63.1 Å². The number of benzene rings is 1. The maximum Gasteiger partial charge on any atom is 0.155 e. The first-order valence-electron chi connectivity index (χ1n) is 9.97. The molecule has 1 aromatic carbocycles. The number of rotatable bonds is 5. The quantitative estimate of drug-likeness (QED) is 0.690. The number of aryl methyl sites for hydroxylation is 2. The first-order chi connectivity index (χ1) is 14.0. The molecule has 3 heterocycles. The smallest absolute Gasteiger partial charge is 0.155 e. The molecule has 0 radical (unpaired) electrons. The molecule has 1 fully saturated rings. The molecule has 0 aliphatic carbocycles. The van der Waals surface area contributed by atoms with Gasteiger partial charge in [0.1, 0.15) is 5.82 Å². The van der Waals surface area contributed by atoms with Crippen LogP contribution in [0, 0.1) is 19.7 Å². The lowest BCUT2D eigenvalue weighted by atomic mass is 9.87. The number of hydrogen-bond acceptors (Lipinski definition) is 5. The Labute approximate surface area is 170 Å². The van der Waals surface area contributed by atoms with E-state index in [-0.39, 0.29) is 11.4 Å². The Morgan fingerprint density at radius 1 is 1.14 bits per heavy atom. The van der Waals surface area contributed by atoms with Crippen LogP contribution in [-0.4, -0.2) is 34.4 Å². The minimum atomic E-state index is -0.254. The van der Waals surface area contributed by atoms with Crippen LogP contribution in [0.3, 0.4) is 0 Å². The summed E-state index contributed by atoms with van der Waals surface area (Å²) in [6.45, 7) is 6.41. The Morgan fingerprint density at radius 3 is 2.52 bits per heavy atom. The molecule has 0 amide bonds. The molecule has 1 aliphatic rings. The summed E-state index contributed by atoms with van der Waals surface area (Å²) >= 11 is 0. The molecule has 29 heavy (non-hydrogen) atoms. The molecular weight excluding hydrogens is 367 g/mol. The summed E-state index contributed by atoms with van der Waals surface area (Å²) < 4.78 is 15.2. The van der Waals surface area contributed by atoms with Crippen molar-refractivity contribution in [3.05, 3.63) is 65.9 Å². The van der Waals surface area contributed by atoms with Crippen LogP contribution in [0.5, 0.6) is 0 Å². The highest BCUT2D eigenvalue weighted by Crippen LogP contribution is 2.33. The number of nitrogens with zero attached hydrogens (tertiary/aromatic N) is 4. The maximum absolute atomic E-state index is 13.2. The number of anilines is 3. The zero-order chi connectivity index (χ0) is 20.4. The normalized spacial score (nSPS) is 16.1. The molecule has 1 aliphatic heterocycles. The van der Waals surface area contributed by atoms with Gasteiger partial charge in [-0.25, -0.2) is 4.39 Å². The fourth-order valence-electron chi connectivity index (χ4n) is 4.00. The standard InChI is InChI=1S/C22H27FN6/c1-16-14-29(27-21(16)26-19-7-5-18(23)6-8-19)22(15-24)9-12-28(13-10-22)20-4-3-11-25-17(20)2/h3-8,11,14H,9-10,12-13,15,24H2,1-2H3,(H,26,27). The lowest BCUT2D eigenvalue weighted by molar-refractivity contribution is 0.207. The Balaban J connectivity index is 1.52. The molecule has 0 spiro atoms. The molecule has 2 aromatic heterocycles. The van der Waals surface area contributed by atoms with Crippen molar-refractivity contribution < 1.29 is 4.39 Å². The second-order valence-electron chi connectivity index (χ2n) is 7.76. The zero-order valence-corrected chi connectivity index (χ0v) is 16.9. The molecule has 0 saturated carbocycles.